The quantitative estimate of drug-likeness (QED) is 0.681. The van der Waals surface area contributed by atoms with Crippen LogP contribution in [-0.2, 0) is 9.59 Å². The van der Waals surface area contributed by atoms with E-state index in [2.05, 4.69) is 10.4 Å². The number of hydrogen-bond acceptors (Lipinski definition) is 5. The van der Waals surface area contributed by atoms with Gasteiger partial charge in [-0.2, -0.15) is 5.10 Å². The topological polar surface area (TPSA) is 96.3 Å². The van der Waals surface area contributed by atoms with E-state index in [-0.39, 0.29) is 12.8 Å². The number of nitrogens with zero attached hydrogens (tertiary/aromatic N) is 2. The number of nitrogens with one attached hydrogen (secondary N) is 1. The van der Waals surface area contributed by atoms with Gasteiger partial charge >= 0.3 is 0 Å². The van der Waals surface area contributed by atoms with Gasteiger partial charge in [-0.3, -0.25) is 4.79 Å². The molecule has 0 spiro atoms. The summed E-state index contributed by atoms with van der Waals surface area (Å²) in [6.45, 7) is 1.86. The van der Waals surface area contributed by atoms with Crippen molar-refractivity contribution >= 4 is 17.7 Å². The van der Waals surface area contributed by atoms with Gasteiger partial charge in [0.25, 0.3) is 0 Å². The maximum Gasteiger partial charge on any atom is 0.225 e. The standard InChI is InChI=1S/C21H21N3O4/c1-14-20(15-6-4-3-5-7-15)21(22-18(25)12-13-19(26)27)24(23-14)16-8-10-17(28-2)11-9-16/h3-11H,12-13H2,1-2H3,(H,22,25)(H,26,27)/p-1. The number of hydrogen-bond donors (Lipinski definition) is 1. The molecule has 1 heterocycles. The molecule has 1 aromatic heterocycles. The highest BCUT2D eigenvalue weighted by Gasteiger charge is 2.20. The summed E-state index contributed by atoms with van der Waals surface area (Å²) in [4.78, 5) is 23.0. The summed E-state index contributed by atoms with van der Waals surface area (Å²) in [7, 11) is 1.59. The molecule has 0 fully saturated rings. The number of anilines is 1. The molecule has 0 radical (unpaired) electrons. The largest absolute Gasteiger partial charge is 0.550 e. The van der Waals surface area contributed by atoms with Gasteiger partial charge in [-0.15, -0.1) is 0 Å². The number of rotatable bonds is 7. The minimum atomic E-state index is -1.27. The van der Waals surface area contributed by atoms with E-state index in [4.69, 9.17) is 4.74 Å². The van der Waals surface area contributed by atoms with E-state index < -0.39 is 11.9 Å². The van der Waals surface area contributed by atoms with Crippen molar-refractivity contribution in [1.82, 2.24) is 9.78 Å². The summed E-state index contributed by atoms with van der Waals surface area (Å²) in [6, 6.07) is 16.8. The number of aliphatic carboxylic acids is 1. The van der Waals surface area contributed by atoms with Crippen molar-refractivity contribution in [3.8, 4) is 22.6 Å². The highest BCUT2D eigenvalue weighted by Crippen LogP contribution is 2.33. The van der Waals surface area contributed by atoms with Crippen LogP contribution < -0.4 is 15.2 Å². The number of carbonyl (C=O) groups excluding carboxylic acids is 2. The number of carboxylic acids is 1. The first-order chi connectivity index (χ1) is 13.5. The molecule has 0 atom stereocenters. The lowest BCUT2D eigenvalue weighted by Gasteiger charge is -2.12. The number of carbonyl (C=O) groups is 2. The normalized spacial score (nSPS) is 10.5. The van der Waals surface area contributed by atoms with Crippen molar-refractivity contribution in [3.63, 3.8) is 0 Å². The molecule has 0 bridgehead atoms. The third-order valence-corrected chi connectivity index (χ3v) is 4.25. The zero-order chi connectivity index (χ0) is 20.1. The van der Waals surface area contributed by atoms with Crippen LogP contribution in [0.2, 0.25) is 0 Å². The van der Waals surface area contributed by atoms with Crippen LogP contribution in [0.1, 0.15) is 18.5 Å². The van der Waals surface area contributed by atoms with E-state index in [1.807, 2.05) is 49.4 Å². The Labute approximate surface area is 162 Å². The Morgan fingerprint density at radius 2 is 1.75 bits per heavy atom. The van der Waals surface area contributed by atoms with Gasteiger partial charge in [-0.1, -0.05) is 30.3 Å². The molecule has 7 heteroatoms. The second-order valence-corrected chi connectivity index (χ2v) is 6.21. The number of methoxy groups -OCH3 is 1. The molecule has 1 N–H and O–H groups in total. The average Bonchev–Trinajstić information content (AvgIpc) is 3.03. The van der Waals surface area contributed by atoms with Crippen LogP contribution in [0, 0.1) is 6.92 Å². The third-order valence-electron chi connectivity index (χ3n) is 4.25. The summed E-state index contributed by atoms with van der Waals surface area (Å²) in [5, 5.41) is 18.1. The summed E-state index contributed by atoms with van der Waals surface area (Å²) in [6.07, 6.45) is -0.522. The van der Waals surface area contributed by atoms with Crippen molar-refractivity contribution < 1.29 is 19.4 Å². The Morgan fingerprint density at radius 3 is 2.36 bits per heavy atom. The second-order valence-electron chi connectivity index (χ2n) is 6.21. The SMILES string of the molecule is COc1ccc(-n2nc(C)c(-c3ccccc3)c2NC(=O)CCC(=O)[O-])cc1. The van der Waals surface area contributed by atoms with Crippen LogP contribution in [0.15, 0.2) is 54.6 Å². The van der Waals surface area contributed by atoms with Crippen molar-refractivity contribution in [2.45, 2.75) is 19.8 Å². The minimum absolute atomic E-state index is 0.177. The van der Waals surface area contributed by atoms with Gasteiger partial charge in [0, 0.05) is 18.0 Å². The predicted molar refractivity (Wildman–Crippen MR) is 103 cm³/mol. The fraction of sp³-hybridized carbons (Fsp3) is 0.190. The highest BCUT2D eigenvalue weighted by molar-refractivity contribution is 5.96. The number of ether oxygens (including phenoxy) is 1. The average molecular weight is 378 g/mol. The molecule has 3 rings (SSSR count). The van der Waals surface area contributed by atoms with Crippen molar-refractivity contribution in [2.24, 2.45) is 0 Å². The van der Waals surface area contributed by atoms with Crippen LogP contribution in [-0.4, -0.2) is 28.8 Å². The molecule has 7 nitrogen and oxygen atoms in total. The zero-order valence-electron chi connectivity index (χ0n) is 15.6. The number of aryl methyl sites for hydroxylation is 1. The molecular formula is C21H20N3O4-. The Balaban J connectivity index is 2.06. The lowest BCUT2D eigenvalue weighted by molar-refractivity contribution is -0.305. The van der Waals surface area contributed by atoms with Crippen molar-refractivity contribution in [2.75, 3.05) is 12.4 Å². The Morgan fingerprint density at radius 1 is 1.07 bits per heavy atom. The zero-order valence-corrected chi connectivity index (χ0v) is 15.6. The van der Waals surface area contributed by atoms with Crippen molar-refractivity contribution in [1.29, 1.82) is 0 Å². The van der Waals surface area contributed by atoms with Gasteiger partial charge in [-0.05, 0) is 43.2 Å². The molecule has 0 aliphatic rings. The molecule has 0 unspecified atom stereocenters. The molecule has 1 amide bonds. The maximum atomic E-state index is 12.3. The fourth-order valence-electron chi connectivity index (χ4n) is 2.91. The van der Waals surface area contributed by atoms with Gasteiger partial charge in [0.05, 0.1) is 18.5 Å². The molecule has 28 heavy (non-hydrogen) atoms. The first kappa shape index (κ1) is 19.2. The fourth-order valence-corrected chi connectivity index (χ4v) is 2.91. The predicted octanol–water partition coefficient (Wildman–Crippen LogP) is 2.32. The smallest absolute Gasteiger partial charge is 0.225 e. The molecule has 3 aromatic rings. The summed E-state index contributed by atoms with van der Waals surface area (Å²) < 4.78 is 6.82. The van der Waals surface area contributed by atoms with E-state index in [0.717, 1.165) is 22.5 Å². The van der Waals surface area contributed by atoms with E-state index in [0.29, 0.717) is 11.6 Å². The molecular weight excluding hydrogens is 358 g/mol. The van der Waals surface area contributed by atoms with Crippen LogP contribution in [0.25, 0.3) is 16.8 Å². The van der Waals surface area contributed by atoms with Gasteiger partial charge < -0.3 is 20.0 Å². The molecule has 0 aliphatic heterocycles. The number of carboxylic acid groups (broad SMARTS) is 1. The molecule has 2 aromatic carbocycles. The molecule has 144 valence electrons. The third kappa shape index (κ3) is 4.20. The number of amides is 1. The van der Waals surface area contributed by atoms with Crippen LogP contribution in [0.4, 0.5) is 5.82 Å². The van der Waals surface area contributed by atoms with Gasteiger partial charge in [0.15, 0.2) is 0 Å². The second kappa shape index (κ2) is 8.39. The first-order valence-corrected chi connectivity index (χ1v) is 8.78. The molecule has 0 saturated heterocycles. The highest BCUT2D eigenvalue weighted by atomic mass is 16.5. The lowest BCUT2D eigenvalue weighted by Crippen LogP contribution is -2.24. The summed E-state index contributed by atoms with van der Waals surface area (Å²) in [5.41, 5.74) is 3.15. The van der Waals surface area contributed by atoms with Crippen molar-refractivity contribution in [3.05, 3.63) is 60.3 Å². The van der Waals surface area contributed by atoms with Gasteiger partial charge in [-0.25, -0.2) is 4.68 Å². The Bertz CT molecular complexity index is 979. The molecule has 0 aliphatic carbocycles. The molecule has 0 saturated carbocycles. The number of aromatic nitrogens is 2. The summed E-state index contributed by atoms with van der Waals surface area (Å²) >= 11 is 0. The van der Waals surface area contributed by atoms with E-state index in [1.165, 1.54) is 0 Å². The summed E-state index contributed by atoms with van der Waals surface area (Å²) in [5.74, 6) is -0.498. The van der Waals surface area contributed by atoms with Gasteiger partial charge in [0.2, 0.25) is 5.91 Å². The lowest BCUT2D eigenvalue weighted by atomic mass is 10.1. The van der Waals surface area contributed by atoms with E-state index in [9.17, 15) is 14.7 Å². The monoisotopic (exact) mass is 378 g/mol. The number of benzene rings is 2. The van der Waals surface area contributed by atoms with E-state index in [1.54, 1.807) is 23.9 Å². The Kier molecular flexibility index (Phi) is 5.74. The van der Waals surface area contributed by atoms with Crippen LogP contribution in [0.3, 0.4) is 0 Å². The maximum absolute atomic E-state index is 12.3. The van der Waals surface area contributed by atoms with Gasteiger partial charge in [0.1, 0.15) is 11.6 Å². The van der Waals surface area contributed by atoms with E-state index >= 15 is 0 Å². The Hall–Kier alpha value is -3.61. The van der Waals surface area contributed by atoms with Crippen LogP contribution in [0.5, 0.6) is 5.75 Å². The van der Waals surface area contributed by atoms with Crippen LogP contribution >= 0.6 is 0 Å². The first-order valence-electron chi connectivity index (χ1n) is 8.78. The minimum Gasteiger partial charge on any atom is -0.550 e.